The van der Waals surface area contributed by atoms with E-state index in [9.17, 15) is 9.90 Å². The monoisotopic (exact) mass is 299 g/mol. The Balaban J connectivity index is 2.40. The number of fused-ring (bicyclic) bond motifs is 1. The van der Waals surface area contributed by atoms with Crippen LogP contribution in [-0.2, 0) is 0 Å². The molecule has 3 aromatic rings. The number of carboxylic acids is 1. The number of carbonyl (C=O) groups is 1. The van der Waals surface area contributed by atoms with E-state index >= 15 is 0 Å². The zero-order chi connectivity index (χ0) is 15.1. The number of aromatic carboxylic acids is 1. The van der Waals surface area contributed by atoms with Gasteiger partial charge in [0.05, 0.1) is 0 Å². The van der Waals surface area contributed by atoms with E-state index in [-0.39, 0.29) is 5.69 Å². The molecule has 0 amide bonds. The normalized spacial score (nSPS) is 11.0. The second-order valence-corrected chi connectivity index (χ2v) is 5.63. The Bertz CT molecular complexity index is 847. The molecule has 0 saturated heterocycles. The smallest absolute Gasteiger partial charge is 0.352 e. The summed E-state index contributed by atoms with van der Waals surface area (Å²) in [6, 6.07) is 11.3. The second-order valence-electron chi connectivity index (χ2n) is 5.19. The Kier molecular flexibility index (Phi) is 3.22. The fraction of sp³-hybridized carbons (Fsp3) is 0.118. The highest BCUT2D eigenvalue weighted by atomic mass is 35.5. The Morgan fingerprint density at radius 3 is 2.43 bits per heavy atom. The molecule has 3 rings (SSSR count). The van der Waals surface area contributed by atoms with E-state index < -0.39 is 5.97 Å². The molecule has 0 aliphatic carbocycles. The van der Waals surface area contributed by atoms with Crippen LogP contribution in [0.15, 0.2) is 36.4 Å². The maximum atomic E-state index is 11.6. The van der Waals surface area contributed by atoms with E-state index in [4.69, 9.17) is 11.6 Å². The predicted octanol–water partition coefficient (Wildman–Crippen LogP) is 4.80. The number of aromatic amines is 1. The Morgan fingerprint density at radius 1 is 1.14 bits per heavy atom. The van der Waals surface area contributed by atoms with Crippen LogP contribution in [0.25, 0.3) is 22.0 Å². The van der Waals surface area contributed by atoms with Gasteiger partial charge in [-0.1, -0.05) is 35.4 Å². The second kappa shape index (κ2) is 4.93. The van der Waals surface area contributed by atoms with Crippen molar-refractivity contribution in [3.63, 3.8) is 0 Å². The number of rotatable bonds is 2. The van der Waals surface area contributed by atoms with E-state index in [1.165, 1.54) is 0 Å². The summed E-state index contributed by atoms with van der Waals surface area (Å²) in [5, 5.41) is 11.0. The molecule has 0 aliphatic heterocycles. The summed E-state index contributed by atoms with van der Waals surface area (Å²) in [5.74, 6) is -0.965. The highest BCUT2D eigenvalue weighted by Crippen LogP contribution is 2.35. The van der Waals surface area contributed by atoms with Gasteiger partial charge < -0.3 is 10.1 Å². The quantitative estimate of drug-likeness (QED) is 0.714. The first-order valence-electron chi connectivity index (χ1n) is 6.59. The Labute approximate surface area is 127 Å². The van der Waals surface area contributed by atoms with Crippen LogP contribution in [0.3, 0.4) is 0 Å². The molecule has 106 valence electrons. The van der Waals surface area contributed by atoms with Gasteiger partial charge in [0.25, 0.3) is 0 Å². The van der Waals surface area contributed by atoms with Crippen LogP contribution < -0.4 is 0 Å². The molecule has 1 aromatic heterocycles. The highest BCUT2D eigenvalue weighted by Gasteiger charge is 2.19. The van der Waals surface area contributed by atoms with Gasteiger partial charge in [-0.05, 0) is 43.2 Å². The maximum absolute atomic E-state index is 11.6. The molecule has 2 aromatic carbocycles. The first-order valence-corrected chi connectivity index (χ1v) is 6.97. The largest absolute Gasteiger partial charge is 0.477 e. The van der Waals surface area contributed by atoms with Crippen molar-refractivity contribution in [1.82, 2.24) is 4.98 Å². The minimum absolute atomic E-state index is 0.209. The molecule has 0 bridgehead atoms. The van der Waals surface area contributed by atoms with Crippen LogP contribution >= 0.6 is 11.6 Å². The lowest BCUT2D eigenvalue weighted by atomic mass is 9.99. The minimum atomic E-state index is -0.965. The van der Waals surface area contributed by atoms with Gasteiger partial charge in [0.15, 0.2) is 0 Å². The lowest BCUT2D eigenvalue weighted by molar-refractivity contribution is 0.0692. The number of hydrogen-bond acceptors (Lipinski definition) is 1. The minimum Gasteiger partial charge on any atom is -0.477 e. The van der Waals surface area contributed by atoms with E-state index in [0.717, 1.165) is 27.6 Å². The van der Waals surface area contributed by atoms with Gasteiger partial charge >= 0.3 is 5.97 Å². The lowest BCUT2D eigenvalue weighted by Gasteiger charge is -2.04. The van der Waals surface area contributed by atoms with Crippen molar-refractivity contribution in [2.24, 2.45) is 0 Å². The van der Waals surface area contributed by atoms with Crippen molar-refractivity contribution in [2.75, 3.05) is 0 Å². The van der Waals surface area contributed by atoms with Crippen LogP contribution in [0, 0.1) is 13.8 Å². The van der Waals surface area contributed by atoms with E-state index in [0.29, 0.717) is 10.6 Å². The third kappa shape index (κ3) is 2.30. The molecule has 0 spiro atoms. The SMILES string of the molecule is Cc1cc(C)c2[nH]c(C(=O)O)c(-c3ccc(Cl)cc3)c2c1. The first-order chi connectivity index (χ1) is 9.97. The first kappa shape index (κ1) is 13.7. The molecule has 21 heavy (non-hydrogen) atoms. The van der Waals surface area contributed by atoms with Crippen molar-refractivity contribution in [1.29, 1.82) is 0 Å². The molecule has 0 unspecified atom stereocenters. The van der Waals surface area contributed by atoms with Crippen LogP contribution in [0.5, 0.6) is 0 Å². The van der Waals surface area contributed by atoms with Gasteiger partial charge in [0.2, 0.25) is 0 Å². The fourth-order valence-corrected chi connectivity index (χ4v) is 2.86. The van der Waals surface area contributed by atoms with Crippen molar-refractivity contribution in [3.05, 3.63) is 58.2 Å². The van der Waals surface area contributed by atoms with Gasteiger partial charge in [0.1, 0.15) is 5.69 Å². The summed E-state index contributed by atoms with van der Waals surface area (Å²) in [7, 11) is 0. The molecule has 2 N–H and O–H groups in total. The van der Waals surface area contributed by atoms with Gasteiger partial charge in [-0.15, -0.1) is 0 Å². The standard InChI is InChI=1S/C17H14ClNO2/c1-9-7-10(2)15-13(8-9)14(16(19-15)17(20)21)11-3-5-12(18)6-4-11/h3-8,19H,1-2H3,(H,20,21). The zero-order valence-corrected chi connectivity index (χ0v) is 12.5. The maximum Gasteiger partial charge on any atom is 0.352 e. The molecule has 0 saturated carbocycles. The number of benzene rings is 2. The molecule has 0 aliphatic rings. The van der Waals surface area contributed by atoms with Crippen LogP contribution in [0.4, 0.5) is 0 Å². The van der Waals surface area contributed by atoms with E-state index in [1.54, 1.807) is 12.1 Å². The number of hydrogen-bond donors (Lipinski definition) is 2. The van der Waals surface area contributed by atoms with Gasteiger partial charge in [0, 0.05) is 21.5 Å². The van der Waals surface area contributed by atoms with Crippen LogP contribution in [-0.4, -0.2) is 16.1 Å². The summed E-state index contributed by atoms with van der Waals surface area (Å²) in [5.41, 5.74) is 4.76. The summed E-state index contributed by atoms with van der Waals surface area (Å²) in [4.78, 5) is 14.6. The van der Waals surface area contributed by atoms with Crippen LogP contribution in [0.1, 0.15) is 21.6 Å². The average molecular weight is 300 g/mol. The molecular weight excluding hydrogens is 286 g/mol. The van der Waals surface area contributed by atoms with E-state index in [1.807, 2.05) is 38.1 Å². The molecule has 0 radical (unpaired) electrons. The third-order valence-electron chi connectivity index (χ3n) is 3.60. The number of halogens is 1. The average Bonchev–Trinajstić information content (AvgIpc) is 2.79. The number of aryl methyl sites for hydroxylation is 2. The Morgan fingerprint density at radius 2 is 1.81 bits per heavy atom. The van der Waals surface area contributed by atoms with Gasteiger partial charge in [-0.2, -0.15) is 0 Å². The summed E-state index contributed by atoms with van der Waals surface area (Å²) >= 11 is 5.92. The number of nitrogens with one attached hydrogen (secondary N) is 1. The lowest BCUT2D eigenvalue weighted by Crippen LogP contribution is -1.98. The number of carboxylic acid groups (broad SMARTS) is 1. The van der Waals surface area contributed by atoms with Crippen LogP contribution in [0.2, 0.25) is 5.02 Å². The van der Waals surface area contributed by atoms with Gasteiger partial charge in [-0.3, -0.25) is 0 Å². The zero-order valence-electron chi connectivity index (χ0n) is 11.7. The van der Waals surface area contributed by atoms with Crippen molar-refractivity contribution >= 4 is 28.5 Å². The van der Waals surface area contributed by atoms with Crippen molar-refractivity contribution in [2.45, 2.75) is 13.8 Å². The topological polar surface area (TPSA) is 53.1 Å². The molecule has 0 atom stereocenters. The van der Waals surface area contributed by atoms with Crippen molar-refractivity contribution in [3.8, 4) is 11.1 Å². The molecule has 0 fully saturated rings. The van der Waals surface area contributed by atoms with Crippen molar-refractivity contribution < 1.29 is 9.90 Å². The summed E-state index contributed by atoms with van der Waals surface area (Å²) < 4.78 is 0. The fourth-order valence-electron chi connectivity index (χ4n) is 2.73. The van der Waals surface area contributed by atoms with E-state index in [2.05, 4.69) is 4.98 Å². The highest BCUT2D eigenvalue weighted by molar-refractivity contribution is 6.30. The Hall–Kier alpha value is -2.26. The molecular formula is C17H14ClNO2. The number of aromatic nitrogens is 1. The predicted molar refractivity (Wildman–Crippen MR) is 85.2 cm³/mol. The summed E-state index contributed by atoms with van der Waals surface area (Å²) in [6.45, 7) is 3.98. The molecule has 3 nitrogen and oxygen atoms in total. The molecule has 1 heterocycles. The van der Waals surface area contributed by atoms with Gasteiger partial charge in [-0.25, -0.2) is 4.79 Å². The number of H-pyrrole nitrogens is 1. The third-order valence-corrected chi connectivity index (χ3v) is 3.85. The summed E-state index contributed by atoms with van der Waals surface area (Å²) in [6.07, 6.45) is 0. The molecule has 4 heteroatoms.